The van der Waals surface area contributed by atoms with Crippen LogP contribution in [0.3, 0.4) is 0 Å². The van der Waals surface area contributed by atoms with Gasteiger partial charge < -0.3 is 15.0 Å². The van der Waals surface area contributed by atoms with Gasteiger partial charge in [-0.1, -0.05) is 18.2 Å². The van der Waals surface area contributed by atoms with E-state index in [0.29, 0.717) is 6.04 Å². The van der Waals surface area contributed by atoms with Crippen molar-refractivity contribution in [3.8, 4) is 0 Å². The summed E-state index contributed by atoms with van der Waals surface area (Å²) in [7, 11) is 3.86. The average Bonchev–Trinajstić information content (AvgIpc) is 2.83. The van der Waals surface area contributed by atoms with Crippen LogP contribution in [0.15, 0.2) is 4.99 Å². The first-order chi connectivity index (χ1) is 8.79. The first-order valence-electron chi connectivity index (χ1n) is 6.91. The molecule has 0 aromatic carbocycles. The number of thioether (sulfide) groups is 1. The number of methoxy groups -OCH3 is 1. The molecule has 2 unspecified atom stereocenters. The van der Waals surface area contributed by atoms with E-state index in [4.69, 9.17) is 4.74 Å². The van der Waals surface area contributed by atoms with Crippen LogP contribution in [0.5, 0.6) is 0 Å². The van der Waals surface area contributed by atoms with E-state index in [9.17, 15) is 0 Å². The summed E-state index contributed by atoms with van der Waals surface area (Å²) in [5, 5.41) is 4.77. The van der Waals surface area contributed by atoms with Crippen LogP contribution in [0.2, 0.25) is 0 Å². The van der Waals surface area contributed by atoms with Gasteiger partial charge in [-0.2, -0.15) is 0 Å². The number of aliphatic imine (C=N–C) groups is 1. The van der Waals surface area contributed by atoms with Gasteiger partial charge in [0.15, 0.2) is 5.17 Å². The summed E-state index contributed by atoms with van der Waals surface area (Å²) in [4.78, 5) is 6.94. The molecule has 1 aliphatic heterocycles. The van der Waals surface area contributed by atoms with E-state index in [2.05, 4.69) is 22.3 Å². The van der Waals surface area contributed by atoms with Crippen LogP contribution >= 0.6 is 11.8 Å². The minimum absolute atomic E-state index is 0.705. The maximum absolute atomic E-state index is 5.06. The molecule has 1 heterocycles. The lowest BCUT2D eigenvalue weighted by atomic mass is 10.1. The summed E-state index contributed by atoms with van der Waals surface area (Å²) in [6, 6.07) is 0.705. The fourth-order valence-corrected chi connectivity index (χ4v) is 3.77. The predicted molar refractivity (Wildman–Crippen MR) is 78.4 cm³/mol. The van der Waals surface area contributed by atoms with Crippen molar-refractivity contribution in [1.29, 1.82) is 0 Å². The van der Waals surface area contributed by atoms with Crippen LogP contribution in [-0.2, 0) is 4.74 Å². The summed E-state index contributed by atoms with van der Waals surface area (Å²) < 4.78 is 5.06. The molecule has 0 spiro atoms. The van der Waals surface area contributed by atoms with E-state index in [1.54, 1.807) is 7.11 Å². The van der Waals surface area contributed by atoms with Gasteiger partial charge in [-0.3, -0.25) is 4.99 Å². The lowest BCUT2D eigenvalue weighted by Gasteiger charge is -2.28. The van der Waals surface area contributed by atoms with Gasteiger partial charge in [0, 0.05) is 32.0 Å². The number of amidine groups is 1. The Balaban J connectivity index is 1.66. The molecule has 4 nitrogen and oxygen atoms in total. The van der Waals surface area contributed by atoms with Gasteiger partial charge in [0.05, 0.1) is 13.2 Å². The fourth-order valence-electron chi connectivity index (χ4n) is 2.59. The molecule has 5 heteroatoms. The van der Waals surface area contributed by atoms with Gasteiger partial charge >= 0.3 is 0 Å². The van der Waals surface area contributed by atoms with E-state index < -0.39 is 0 Å². The van der Waals surface area contributed by atoms with Crippen molar-refractivity contribution in [3.05, 3.63) is 0 Å². The van der Waals surface area contributed by atoms with Gasteiger partial charge in [-0.15, -0.1) is 0 Å². The maximum atomic E-state index is 5.06. The Morgan fingerprint density at radius 1 is 1.44 bits per heavy atom. The first-order valence-corrected chi connectivity index (χ1v) is 7.89. The zero-order chi connectivity index (χ0) is 12.8. The van der Waals surface area contributed by atoms with Crippen molar-refractivity contribution in [1.82, 2.24) is 10.2 Å². The van der Waals surface area contributed by atoms with Gasteiger partial charge in [0.25, 0.3) is 0 Å². The SMILES string of the molecule is COCCN(C)CCN=C1NC2CCCC2CS1. The second-order valence-corrected chi connectivity index (χ2v) is 6.24. The zero-order valence-electron chi connectivity index (χ0n) is 11.5. The Morgan fingerprint density at radius 3 is 3.17 bits per heavy atom. The molecule has 0 radical (unpaired) electrons. The molecule has 1 saturated heterocycles. The number of rotatable bonds is 6. The van der Waals surface area contributed by atoms with Crippen molar-refractivity contribution >= 4 is 16.9 Å². The Bertz CT molecular complexity index is 285. The highest BCUT2D eigenvalue weighted by Gasteiger charge is 2.31. The molecule has 1 saturated carbocycles. The van der Waals surface area contributed by atoms with Gasteiger partial charge in [0.2, 0.25) is 0 Å². The summed E-state index contributed by atoms with van der Waals surface area (Å²) in [5.74, 6) is 2.15. The summed E-state index contributed by atoms with van der Waals surface area (Å²) in [6.07, 6.45) is 4.12. The number of ether oxygens (including phenoxy) is 1. The lowest BCUT2D eigenvalue weighted by Crippen LogP contribution is -2.41. The van der Waals surface area contributed by atoms with Crippen LogP contribution in [0.4, 0.5) is 0 Å². The van der Waals surface area contributed by atoms with Crippen molar-refractivity contribution < 1.29 is 4.74 Å². The highest BCUT2D eigenvalue weighted by Crippen LogP contribution is 2.32. The quantitative estimate of drug-likeness (QED) is 0.793. The third-order valence-electron chi connectivity index (χ3n) is 3.82. The molecule has 0 aromatic heterocycles. The van der Waals surface area contributed by atoms with E-state index >= 15 is 0 Å². The Hall–Kier alpha value is -0.260. The third-order valence-corrected chi connectivity index (χ3v) is 4.93. The third kappa shape index (κ3) is 4.14. The molecule has 0 amide bonds. The standard InChI is InChI=1S/C13H25N3OS/c1-16(8-9-17-2)7-6-14-13-15-12-5-3-4-11(12)10-18-13/h11-12H,3-10H2,1-2H3,(H,14,15). The molecular formula is C13H25N3OS. The van der Waals surface area contributed by atoms with Crippen molar-refractivity contribution in [2.75, 3.05) is 46.2 Å². The van der Waals surface area contributed by atoms with Crippen LogP contribution in [-0.4, -0.2) is 62.3 Å². The number of nitrogens with one attached hydrogen (secondary N) is 1. The monoisotopic (exact) mass is 271 g/mol. The second-order valence-electron chi connectivity index (χ2n) is 5.24. The summed E-state index contributed by atoms with van der Waals surface area (Å²) in [5.41, 5.74) is 0. The molecule has 1 N–H and O–H groups in total. The molecule has 2 fully saturated rings. The number of nitrogens with zero attached hydrogens (tertiary/aromatic N) is 2. The van der Waals surface area contributed by atoms with E-state index in [-0.39, 0.29) is 0 Å². The number of likely N-dealkylation sites (N-methyl/N-ethyl adjacent to an activating group) is 1. The van der Waals surface area contributed by atoms with Gasteiger partial charge in [0.1, 0.15) is 0 Å². The largest absolute Gasteiger partial charge is 0.383 e. The molecule has 18 heavy (non-hydrogen) atoms. The average molecular weight is 271 g/mol. The molecule has 0 aromatic rings. The molecule has 2 aliphatic rings. The first kappa shape index (κ1) is 14.2. The maximum Gasteiger partial charge on any atom is 0.156 e. The van der Waals surface area contributed by atoms with Crippen molar-refractivity contribution in [2.24, 2.45) is 10.9 Å². The molecule has 0 bridgehead atoms. The van der Waals surface area contributed by atoms with Crippen LogP contribution in [0.25, 0.3) is 0 Å². The highest BCUT2D eigenvalue weighted by atomic mass is 32.2. The number of hydrogen-bond donors (Lipinski definition) is 1. The van der Waals surface area contributed by atoms with E-state index in [1.807, 2.05) is 11.8 Å². The van der Waals surface area contributed by atoms with Crippen LogP contribution in [0.1, 0.15) is 19.3 Å². The molecule has 104 valence electrons. The van der Waals surface area contributed by atoms with E-state index in [1.165, 1.54) is 30.2 Å². The molecule has 1 aliphatic carbocycles. The second kappa shape index (κ2) is 7.36. The Labute approximate surface area is 115 Å². The molecular weight excluding hydrogens is 246 g/mol. The summed E-state index contributed by atoms with van der Waals surface area (Å²) >= 11 is 1.90. The lowest BCUT2D eigenvalue weighted by molar-refractivity contribution is 0.163. The van der Waals surface area contributed by atoms with Gasteiger partial charge in [-0.05, 0) is 25.8 Å². The molecule has 2 atom stereocenters. The highest BCUT2D eigenvalue weighted by molar-refractivity contribution is 8.13. The molecule has 2 rings (SSSR count). The van der Waals surface area contributed by atoms with Gasteiger partial charge in [-0.25, -0.2) is 0 Å². The van der Waals surface area contributed by atoms with Crippen molar-refractivity contribution in [3.63, 3.8) is 0 Å². The predicted octanol–water partition coefficient (Wildman–Crippen LogP) is 1.43. The fraction of sp³-hybridized carbons (Fsp3) is 0.923. The topological polar surface area (TPSA) is 36.9 Å². The zero-order valence-corrected chi connectivity index (χ0v) is 12.3. The number of fused-ring (bicyclic) bond motifs is 1. The number of hydrogen-bond acceptors (Lipinski definition) is 4. The van der Waals surface area contributed by atoms with Crippen LogP contribution in [0, 0.1) is 5.92 Å². The van der Waals surface area contributed by atoms with Crippen LogP contribution < -0.4 is 5.32 Å². The Morgan fingerprint density at radius 2 is 2.33 bits per heavy atom. The smallest absolute Gasteiger partial charge is 0.156 e. The minimum atomic E-state index is 0.705. The van der Waals surface area contributed by atoms with Crippen molar-refractivity contribution in [2.45, 2.75) is 25.3 Å². The Kier molecular flexibility index (Phi) is 5.79. The van der Waals surface area contributed by atoms with E-state index in [0.717, 1.165) is 32.2 Å². The minimum Gasteiger partial charge on any atom is -0.383 e. The normalized spacial score (nSPS) is 29.6. The summed E-state index contributed by atoms with van der Waals surface area (Å²) in [6.45, 7) is 3.66.